The number of carboxylic acids is 1. The first-order valence-electron chi connectivity index (χ1n) is 8.48. The molecule has 29 heavy (non-hydrogen) atoms. The van der Waals surface area contributed by atoms with Crippen LogP contribution in [0.5, 0.6) is 17.2 Å². The molecule has 0 bridgehead atoms. The molecule has 0 saturated heterocycles. The number of nitrogens with zero attached hydrogens (tertiary/aromatic N) is 1. The summed E-state index contributed by atoms with van der Waals surface area (Å²) in [6, 6.07) is 11.8. The van der Waals surface area contributed by atoms with E-state index in [0.29, 0.717) is 17.0 Å². The zero-order valence-electron chi connectivity index (χ0n) is 16.2. The Morgan fingerprint density at radius 3 is 2.41 bits per heavy atom. The topological polar surface area (TPSA) is 118 Å². The third kappa shape index (κ3) is 5.74. The molecule has 0 atom stereocenters. The number of methoxy groups -OCH3 is 2. The van der Waals surface area contributed by atoms with E-state index >= 15 is 0 Å². The van der Waals surface area contributed by atoms with Gasteiger partial charge in [-0.2, -0.15) is 5.26 Å². The Morgan fingerprint density at radius 2 is 1.79 bits per heavy atom. The lowest BCUT2D eigenvalue weighted by Crippen LogP contribution is -2.14. The maximum atomic E-state index is 12.5. The maximum absolute atomic E-state index is 12.5. The average molecular weight is 396 g/mol. The normalized spacial score (nSPS) is 10.6. The van der Waals surface area contributed by atoms with Gasteiger partial charge in [0, 0.05) is 0 Å². The number of nitrogens with one attached hydrogen (secondary N) is 1. The molecule has 0 fully saturated rings. The van der Waals surface area contributed by atoms with Gasteiger partial charge in [0.2, 0.25) is 0 Å². The number of aliphatic carboxylic acids is 1. The highest BCUT2D eigenvalue weighted by molar-refractivity contribution is 6.10. The summed E-state index contributed by atoms with van der Waals surface area (Å²) in [6.45, 7) is 1.35. The number of aryl methyl sites for hydroxylation is 1. The third-order valence-electron chi connectivity index (χ3n) is 3.82. The van der Waals surface area contributed by atoms with Crippen LogP contribution in [0.3, 0.4) is 0 Å². The molecule has 0 aromatic heterocycles. The van der Waals surface area contributed by atoms with E-state index in [-0.39, 0.29) is 17.1 Å². The summed E-state index contributed by atoms with van der Waals surface area (Å²) in [6.07, 6.45) is 1.39. The number of rotatable bonds is 8. The number of anilines is 1. The molecule has 0 saturated carbocycles. The van der Waals surface area contributed by atoms with Crippen LogP contribution in [0.2, 0.25) is 0 Å². The van der Waals surface area contributed by atoms with Crippen LogP contribution in [-0.2, 0) is 9.59 Å². The lowest BCUT2D eigenvalue weighted by Gasteiger charge is -2.11. The molecule has 0 aliphatic carbocycles. The van der Waals surface area contributed by atoms with E-state index in [1.807, 2.05) is 19.1 Å². The zero-order chi connectivity index (χ0) is 21.4. The molecule has 150 valence electrons. The Balaban J connectivity index is 2.27. The van der Waals surface area contributed by atoms with Crippen molar-refractivity contribution in [3.63, 3.8) is 0 Å². The monoisotopic (exact) mass is 396 g/mol. The van der Waals surface area contributed by atoms with E-state index in [0.717, 1.165) is 5.56 Å². The van der Waals surface area contributed by atoms with Crippen LogP contribution in [0.4, 0.5) is 5.69 Å². The van der Waals surface area contributed by atoms with Gasteiger partial charge in [-0.1, -0.05) is 12.1 Å². The molecule has 0 radical (unpaired) electrons. The van der Waals surface area contributed by atoms with Crippen molar-refractivity contribution in [2.24, 2.45) is 0 Å². The molecular formula is C21H20N2O6. The van der Waals surface area contributed by atoms with Crippen molar-refractivity contribution in [1.82, 2.24) is 0 Å². The Kier molecular flexibility index (Phi) is 7.20. The average Bonchev–Trinajstić information content (AvgIpc) is 2.70. The van der Waals surface area contributed by atoms with Gasteiger partial charge < -0.3 is 24.6 Å². The van der Waals surface area contributed by atoms with Gasteiger partial charge in [0.15, 0.2) is 18.1 Å². The van der Waals surface area contributed by atoms with Gasteiger partial charge in [-0.05, 0) is 48.4 Å². The molecule has 0 heterocycles. The molecule has 0 aliphatic rings. The molecule has 0 unspecified atom stereocenters. The van der Waals surface area contributed by atoms with E-state index in [1.165, 1.54) is 32.4 Å². The maximum Gasteiger partial charge on any atom is 0.341 e. The predicted octanol–water partition coefficient (Wildman–Crippen LogP) is 3.02. The first-order chi connectivity index (χ1) is 13.9. The highest BCUT2D eigenvalue weighted by atomic mass is 16.5. The summed E-state index contributed by atoms with van der Waals surface area (Å²) >= 11 is 0. The van der Waals surface area contributed by atoms with Crippen LogP contribution in [0, 0.1) is 18.3 Å². The van der Waals surface area contributed by atoms with Crippen molar-refractivity contribution >= 4 is 23.6 Å². The van der Waals surface area contributed by atoms with Crippen LogP contribution in [0.25, 0.3) is 6.08 Å². The predicted molar refractivity (Wildman–Crippen MR) is 106 cm³/mol. The fourth-order valence-corrected chi connectivity index (χ4v) is 2.46. The number of amides is 1. The van der Waals surface area contributed by atoms with Crippen molar-refractivity contribution in [3.8, 4) is 23.3 Å². The smallest absolute Gasteiger partial charge is 0.341 e. The number of carbonyl (C=O) groups excluding carboxylic acids is 1. The Hall–Kier alpha value is -3.99. The molecule has 2 N–H and O–H groups in total. The third-order valence-corrected chi connectivity index (χ3v) is 3.82. The molecule has 0 aliphatic heterocycles. The number of carboxylic acid groups (broad SMARTS) is 1. The second-order valence-corrected chi connectivity index (χ2v) is 5.92. The number of hydrogen-bond acceptors (Lipinski definition) is 6. The summed E-state index contributed by atoms with van der Waals surface area (Å²) in [5.74, 6) is -0.729. The minimum atomic E-state index is -1.12. The number of ether oxygens (including phenoxy) is 3. The minimum absolute atomic E-state index is 0.130. The Morgan fingerprint density at radius 1 is 1.10 bits per heavy atom. The first kappa shape index (κ1) is 21.3. The van der Waals surface area contributed by atoms with Crippen LogP contribution < -0.4 is 19.5 Å². The van der Waals surface area contributed by atoms with Crippen molar-refractivity contribution in [2.75, 3.05) is 26.1 Å². The summed E-state index contributed by atoms with van der Waals surface area (Å²) in [5.41, 5.74) is 1.75. The van der Waals surface area contributed by atoms with Crippen LogP contribution in [0.15, 0.2) is 42.0 Å². The number of carbonyl (C=O) groups is 2. The van der Waals surface area contributed by atoms with Crippen LogP contribution in [0.1, 0.15) is 11.1 Å². The number of nitriles is 1. The molecule has 8 nitrogen and oxygen atoms in total. The fraction of sp³-hybridized carbons (Fsp3) is 0.190. The first-order valence-corrected chi connectivity index (χ1v) is 8.48. The van der Waals surface area contributed by atoms with Crippen molar-refractivity contribution in [2.45, 2.75) is 6.92 Å². The van der Waals surface area contributed by atoms with Crippen LogP contribution >= 0.6 is 0 Å². The molecule has 8 heteroatoms. The standard InChI is InChI=1S/C21H20N2O6/c1-13-4-6-17(27-2)16(8-13)23-21(26)15(11-22)9-14-5-7-18(19(10-14)28-3)29-12-20(24)25/h4-10H,12H2,1-3H3,(H,23,26)(H,24,25)/b15-9+. The van der Waals surface area contributed by atoms with Crippen molar-refractivity contribution < 1.29 is 28.9 Å². The van der Waals surface area contributed by atoms with Gasteiger partial charge >= 0.3 is 5.97 Å². The summed E-state index contributed by atoms with van der Waals surface area (Å²) in [4.78, 5) is 23.2. The lowest BCUT2D eigenvalue weighted by atomic mass is 10.1. The van der Waals surface area contributed by atoms with E-state index in [9.17, 15) is 14.9 Å². The summed E-state index contributed by atoms with van der Waals surface area (Å²) in [7, 11) is 2.89. The highest BCUT2D eigenvalue weighted by Gasteiger charge is 2.14. The quantitative estimate of drug-likeness (QED) is 0.520. The Bertz CT molecular complexity index is 991. The van der Waals surface area contributed by atoms with E-state index < -0.39 is 18.5 Å². The van der Waals surface area contributed by atoms with E-state index in [2.05, 4.69) is 5.32 Å². The molecule has 2 rings (SSSR count). The second-order valence-electron chi connectivity index (χ2n) is 5.92. The molecule has 0 spiro atoms. The summed E-state index contributed by atoms with van der Waals surface area (Å²) in [5, 5.41) is 20.8. The van der Waals surface area contributed by atoms with Gasteiger partial charge in [-0.25, -0.2) is 4.79 Å². The number of benzene rings is 2. The molecule has 1 amide bonds. The summed E-state index contributed by atoms with van der Waals surface area (Å²) < 4.78 is 15.5. The Labute approximate surface area is 167 Å². The van der Waals surface area contributed by atoms with Gasteiger partial charge in [0.1, 0.15) is 17.4 Å². The second kappa shape index (κ2) is 9.80. The van der Waals surface area contributed by atoms with Gasteiger partial charge in [0.05, 0.1) is 19.9 Å². The zero-order valence-corrected chi connectivity index (χ0v) is 16.2. The minimum Gasteiger partial charge on any atom is -0.495 e. The molecule has 2 aromatic rings. The fourth-order valence-electron chi connectivity index (χ4n) is 2.46. The van der Waals surface area contributed by atoms with Crippen molar-refractivity contribution in [1.29, 1.82) is 5.26 Å². The van der Waals surface area contributed by atoms with Crippen LogP contribution in [-0.4, -0.2) is 37.8 Å². The van der Waals surface area contributed by atoms with Crippen molar-refractivity contribution in [3.05, 3.63) is 53.1 Å². The van der Waals surface area contributed by atoms with Gasteiger partial charge in [-0.15, -0.1) is 0 Å². The molecular weight excluding hydrogens is 376 g/mol. The highest BCUT2D eigenvalue weighted by Crippen LogP contribution is 2.29. The van der Waals surface area contributed by atoms with E-state index in [4.69, 9.17) is 19.3 Å². The van der Waals surface area contributed by atoms with Gasteiger partial charge in [0.25, 0.3) is 5.91 Å². The largest absolute Gasteiger partial charge is 0.495 e. The SMILES string of the molecule is COc1ccc(C)cc1NC(=O)/C(C#N)=C/c1ccc(OCC(=O)O)c(OC)c1. The van der Waals surface area contributed by atoms with Gasteiger partial charge in [-0.3, -0.25) is 4.79 Å². The van der Waals surface area contributed by atoms with E-state index in [1.54, 1.807) is 18.2 Å². The number of hydrogen-bond donors (Lipinski definition) is 2. The molecule has 2 aromatic carbocycles. The lowest BCUT2D eigenvalue weighted by molar-refractivity contribution is -0.139.